The molecule has 0 saturated heterocycles. The molecule has 3 aromatic heterocycles. The van der Waals surface area contributed by atoms with Crippen LogP contribution in [-0.4, -0.2) is 34.6 Å². The van der Waals surface area contributed by atoms with Crippen LogP contribution >= 0.6 is 0 Å². The van der Waals surface area contributed by atoms with E-state index < -0.39 is 0 Å². The summed E-state index contributed by atoms with van der Waals surface area (Å²) >= 11 is 0. The quantitative estimate of drug-likeness (QED) is 0.533. The van der Waals surface area contributed by atoms with Crippen molar-refractivity contribution >= 4 is 0 Å². The fourth-order valence-corrected chi connectivity index (χ4v) is 2.70. The van der Waals surface area contributed by atoms with Gasteiger partial charge in [0, 0.05) is 31.1 Å². The van der Waals surface area contributed by atoms with Crippen LogP contribution < -0.4 is 10.4 Å². The van der Waals surface area contributed by atoms with Crippen LogP contribution in [0.15, 0.2) is 59.7 Å². The number of ether oxygens (including phenoxy) is 1. The molecular formula is C18H17N7O2. The van der Waals surface area contributed by atoms with Crippen molar-refractivity contribution in [1.82, 2.24) is 34.6 Å². The van der Waals surface area contributed by atoms with E-state index in [-0.39, 0.29) is 12.3 Å². The van der Waals surface area contributed by atoms with Crippen molar-refractivity contribution in [3.8, 4) is 17.4 Å². The van der Waals surface area contributed by atoms with Gasteiger partial charge in [-0.1, -0.05) is 18.2 Å². The molecule has 9 nitrogen and oxygen atoms in total. The van der Waals surface area contributed by atoms with E-state index in [1.165, 1.54) is 9.36 Å². The molecule has 27 heavy (non-hydrogen) atoms. The first-order valence-corrected chi connectivity index (χ1v) is 8.31. The standard InChI is InChI=1S/C18H17N7O2/c1-13-6-3-7-15(25-18(26)23(2)21-22-25)14(13)12-27-17-9-4-8-16(20-17)24-11-5-10-19-24/h3-11H,12H2,1-2H3. The molecule has 0 aliphatic carbocycles. The summed E-state index contributed by atoms with van der Waals surface area (Å²) in [5.41, 5.74) is 2.14. The largest absolute Gasteiger partial charge is 0.473 e. The molecule has 0 N–H and O–H groups in total. The second-order valence-electron chi connectivity index (χ2n) is 5.94. The average Bonchev–Trinajstić information content (AvgIpc) is 3.32. The lowest BCUT2D eigenvalue weighted by molar-refractivity contribution is 0.292. The second-order valence-corrected chi connectivity index (χ2v) is 5.94. The Hall–Kier alpha value is -3.75. The molecule has 0 radical (unpaired) electrons. The highest BCUT2D eigenvalue weighted by Crippen LogP contribution is 2.19. The Balaban J connectivity index is 1.63. The zero-order valence-corrected chi connectivity index (χ0v) is 14.9. The van der Waals surface area contributed by atoms with Gasteiger partial charge in [-0.05, 0) is 41.1 Å². The van der Waals surface area contributed by atoms with Crippen molar-refractivity contribution < 1.29 is 4.74 Å². The summed E-state index contributed by atoms with van der Waals surface area (Å²) in [6.45, 7) is 2.19. The lowest BCUT2D eigenvalue weighted by atomic mass is 10.1. The zero-order chi connectivity index (χ0) is 18.8. The summed E-state index contributed by atoms with van der Waals surface area (Å²) in [4.78, 5) is 16.7. The molecule has 0 bridgehead atoms. The topological polar surface area (TPSA) is 92.7 Å². The van der Waals surface area contributed by atoms with Crippen LogP contribution in [0, 0.1) is 6.92 Å². The van der Waals surface area contributed by atoms with Crippen molar-refractivity contribution in [1.29, 1.82) is 0 Å². The van der Waals surface area contributed by atoms with E-state index in [1.807, 2.05) is 49.5 Å². The SMILES string of the molecule is Cc1cccc(-n2nnn(C)c2=O)c1COc1cccc(-n2cccn2)n1. The van der Waals surface area contributed by atoms with Crippen LogP contribution in [0.2, 0.25) is 0 Å². The summed E-state index contributed by atoms with van der Waals surface area (Å²) < 4.78 is 10.0. The van der Waals surface area contributed by atoms with Gasteiger partial charge in [0.2, 0.25) is 5.88 Å². The van der Waals surface area contributed by atoms with Crippen LogP contribution in [0.1, 0.15) is 11.1 Å². The predicted octanol–water partition coefficient (Wildman–Crippen LogP) is 1.43. The number of aromatic nitrogens is 7. The lowest BCUT2D eigenvalue weighted by Gasteiger charge is -2.13. The molecule has 0 unspecified atom stereocenters. The van der Waals surface area contributed by atoms with E-state index in [4.69, 9.17) is 4.74 Å². The summed E-state index contributed by atoms with van der Waals surface area (Å²) in [7, 11) is 1.56. The minimum atomic E-state index is -0.319. The van der Waals surface area contributed by atoms with Crippen molar-refractivity contribution in [2.24, 2.45) is 7.05 Å². The molecule has 4 rings (SSSR count). The van der Waals surface area contributed by atoms with Crippen molar-refractivity contribution in [3.63, 3.8) is 0 Å². The summed E-state index contributed by atoms with van der Waals surface area (Å²) in [5.74, 6) is 1.12. The smallest absolute Gasteiger partial charge is 0.368 e. The van der Waals surface area contributed by atoms with E-state index in [0.29, 0.717) is 17.4 Å². The molecule has 0 amide bonds. The third-order valence-electron chi connectivity index (χ3n) is 4.15. The number of tetrazole rings is 1. The van der Waals surface area contributed by atoms with Crippen LogP contribution in [0.5, 0.6) is 5.88 Å². The maximum absolute atomic E-state index is 12.2. The van der Waals surface area contributed by atoms with Gasteiger partial charge in [0.1, 0.15) is 6.61 Å². The second kappa shape index (κ2) is 6.87. The molecule has 0 aliphatic rings. The molecule has 3 heterocycles. The predicted molar refractivity (Wildman–Crippen MR) is 97.0 cm³/mol. The van der Waals surface area contributed by atoms with Gasteiger partial charge in [-0.3, -0.25) is 0 Å². The highest BCUT2D eigenvalue weighted by Gasteiger charge is 2.14. The van der Waals surface area contributed by atoms with Gasteiger partial charge in [-0.2, -0.15) is 19.4 Å². The third kappa shape index (κ3) is 3.22. The van der Waals surface area contributed by atoms with Crippen LogP contribution in [0.4, 0.5) is 0 Å². The van der Waals surface area contributed by atoms with Crippen molar-refractivity contribution in [2.75, 3.05) is 0 Å². The Kier molecular flexibility index (Phi) is 4.25. The Morgan fingerprint density at radius 3 is 2.67 bits per heavy atom. The van der Waals surface area contributed by atoms with E-state index in [1.54, 1.807) is 24.0 Å². The van der Waals surface area contributed by atoms with Gasteiger partial charge >= 0.3 is 5.69 Å². The molecule has 4 aromatic rings. The zero-order valence-electron chi connectivity index (χ0n) is 14.9. The molecule has 0 saturated carbocycles. The van der Waals surface area contributed by atoms with Gasteiger partial charge < -0.3 is 4.74 Å². The number of hydrogen-bond donors (Lipinski definition) is 0. The van der Waals surface area contributed by atoms with Gasteiger partial charge in [0.15, 0.2) is 5.82 Å². The lowest BCUT2D eigenvalue weighted by Crippen LogP contribution is -2.23. The monoisotopic (exact) mass is 363 g/mol. The highest BCUT2D eigenvalue weighted by atomic mass is 16.5. The molecule has 0 spiro atoms. The van der Waals surface area contributed by atoms with E-state index >= 15 is 0 Å². The summed E-state index contributed by atoms with van der Waals surface area (Å²) in [6, 6.07) is 12.9. The Labute approximate surface area is 154 Å². The van der Waals surface area contributed by atoms with Crippen molar-refractivity contribution in [3.05, 3.63) is 76.5 Å². The molecule has 0 aliphatic heterocycles. The normalized spacial score (nSPS) is 10.9. The first kappa shape index (κ1) is 16.7. The van der Waals surface area contributed by atoms with Crippen molar-refractivity contribution in [2.45, 2.75) is 13.5 Å². The van der Waals surface area contributed by atoms with Crippen LogP contribution in [0.25, 0.3) is 11.5 Å². The minimum absolute atomic E-state index is 0.237. The maximum Gasteiger partial charge on any atom is 0.368 e. The number of rotatable bonds is 5. The van der Waals surface area contributed by atoms with Crippen LogP contribution in [0.3, 0.4) is 0 Å². The van der Waals surface area contributed by atoms with E-state index in [2.05, 4.69) is 20.5 Å². The van der Waals surface area contributed by atoms with Gasteiger partial charge in [-0.25, -0.2) is 9.48 Å². The van der Waals surface area contributed by atoms with Gasteiger partial charge in [0.25, 0.3) is 0 Å². The van der Waals surface area contributed by atoms with E-state index in [9.17, 15) is 4.79 Å². The Morgan fingerprint density at radius 2 is 1.93 bits per heavy atom. The van der Waals surface area contributed by atoms with E-state index in [0.717, 1.165) is 11.1 Å². The summed E-state index contributed by atoms with van der Waals surface area (Å²) in [5, 5.41) is 11.9. The number of benzene rings is 1. The maximum atomic E-state index is 12.2. The number of aryl methyl sites for hydroxylation is 2. The Bertz CT molecular complexity index is 1130. The fourth-order valence-electron chi connectivity index (χ4n) is 2.70. The van der Waals surface area contributed by atoms with Gasteiger partial charge in [-0.15, -0.1) is 0 Å². The number of pyridine rings is 1. The van der Waals surface area contributed by atoms with Crippen LogP contribution in [-0.2, 0) is 13.7 Å². The first-order chi connectivity index (χ1) is 13.1. The fraction of sp³-hybridized carbons (Fsp3) is 0.167. The molecule has 136 valence electrons. The molecule has 9 heteroatoms. The molecular weight excluding hydrogens is 346 g/mol. The minimum Gasteiger partial charge on any atom is -0.473 e. The molecule has 0 atom stereocenters. The number of nitrogens with zero attached hydrogens (tertiary/aromatic N) is 7. The number of hydrogen-bond acceptors (Lipinski definition) is 6. The Morgan fingerprint density at radius 1 is 1.07 bits per heavy atom. The highest BCUT2D eigenvalue weighted by molar-refractivity contribution is 5.44. The summed E-state index contributed by atoms with van der Waals surface area (Å²) in [6.07, 6.45) is 3.50. The average molecular weight is 363 g/mol. The first-order valence-electron chi connectivity index (χ1n) is 8.31. The molecule has 1 aromatic carbocycles. The third-order valence-corrected chi connectivity index (χ3v) is 4.15. The van der Waals surface area contributed by atoms with Gasteiger partial charge in [0.05, 0.1) is 5.69 Å². The molecule has 0 fully saturated rings.